The van der Waals surface area contributed by atoms with E-state index in [4.69, 9.17) is 4.74 Å². The van der Waals surface area contributed by atoms with Gasteiger partial charge in [-0.15, -0.1) is 11.8 Å². The maximum absolute atomic E-state index is 13.1. The molecule has 0 aliphatic rings. The van der Waals surface area contributed by atoms with Crippen LogP contribution in [0, 0.1) is 10.1 Å². The van der Waals surface area contributed by atoms with E-state index >= 15 is 0 Å². The number of hydrogen-bond acceptors (Lipinski definition) is 6. The topological polar surface area (TPSA) is 102 Å². The zero-order valence-electron chi connectivity index (χ0n) is 19.4. The molecule has 9 heteroatoms. The maximum atomic E-state index is 13.1. The van der Waals surface area contributed by atoms with Gasteiger partial charge in [0.05, 0.1) is 17.8 Å². The number of nitrogens with one attached hydrogen (secondary N) is 1. The van der Waals surface area contributed by atoms with Crippen molar-refractivity contribution >= 4 is 29.3 Å². The van der Waals surface area contributed by atoms with Crippen molar-refractivity contribution < 1.29 is 19.2 Å². The number of nitro groups is 1. The van der Waals surface area contributed by atoms with Crippen LogP contribution in [0.15, 0.2) is 48.5 Å². The zero-order chi connectivity index (χ0) is 24.4. The third-order valence-corrected chi connectivity index (χ3v) is 6.31. The summed E-state index contributed by atoms with van der Waals surface area (Å²) in [4.78, 5) is 37.8. The van der Waals surface area contributed by atoms with E-state index < -0.39 is 11.0 Å². The number of nitrogens with zero attached hydrogens (tertiary/aromatic N) is 2. The highest BCUT2D eigenvalue weighted by Gasteiger charge is 2.26. The fourth-order valence-electron chi connectivity index (χ4n) is 3.03. The van der Waals surface area contributed by atoms with E-state index in [2.05, 4.69) is 5.32 Å². The molecule has 2 amide bonds. The van der Waals surface area contributed by atoms with Crippen LogP contribution in [-0.2, 0) is 21.9 Å². The summed E-state index contributed by atoms with van der Waals surface area (Å²) >= 11 is 1.41. The third kappa shape index (κ3) is 8.09. The first-order valence-corrected chi connectivity index (χ1v) is 11.9. The second-order valence-electron chi connectivity index (χ2n) is 7.78. The Morgan fingerprint density at radius 3 is 2.24 bits per heavy atom. The van der Waals surface area contributed by atoms with Crippen LogP contribution in [0.2, 0.25) is 0 Å². The lowest BCUT2D eigenvalue weighted by atomic mass is 10.1. The quantitative estimate of drug-likeness (QED) is 0.367. The van der Waals surface area contributed by atoms with Gasteiger partial charge < -0.3 is 15.0 Å². The van der Waals surface area contributed by atoms with Crippen molar-refractivity contribution in [2.75, 3.05) is 12.9 Å². The minimum Gasteiger partial charge on any atom is -0.497 e. The Balaban J connectivity index is 2.07. The summed E-state index contributed by atoms with van der Waals surface area (Å²) in [7, 11) is 1.59. The molecule has 0 bridgehead atoms. The number of carbonyl (C=O) groups excluding carboxylic acids is 2. The van der Waals surface area contributed by atoms with Gasteiger partial charge in [0.2, 0.25) is 11.8 Å². The number of thioether (sulfide) groups is 1. The predicted octanol–water partition coefficient (Wildman–Crippen LogP) is 4.17. The second kappa shape index (κ2) is 12.8. The van der Waals surface area contributed by atoms with Gasteiger partial charge in [-0.05, 0) is 43.5 Å². The zero-order valence-corrected chi connectivity index (χ0v) is 20.3. The molecule has 2 aromatic carbocycles. The Morgan fingerprint density at radius 2 is 1.70 bits per heavy atom. The van der Waals surface area contributed by atoms with Crippen LogP contribution < -0.4 is 10.1 Å². The Bertz CT molecular complexity index is 934. The first-order valence-electron chi connectivity index (χ1n) is 10.8. The van der Waals surface area contributed by atoms with E-state index in [0.29, 0.717) is 12.3 Å². The molecule has 0 unspecified atom stereocenters. The smallest absolute Gasteiger partial charge is 0.269 e. The summed E-state index contributed by atoms with van der Waals surface area (Å²) in [5.41, 5.74) is 1.82. The maximum Gasteiger partial charge on any atom is 0.269 e. The van der Waals surface area contributed by atoms with Crippen LogP contribution in [0.1, 0.15) is 38.3 Å². The lowest BCUT2D eigenvalue weighted by Crippen LogP contribution is -2.50. The average molecular weight is 474 g/mol. The fraction of sp³-hybridized carbons (Fsp3) is 0.417. The van der Waals surface area contributed by atoms with Gasteiger partial charge in [0.25, 0.3) is 5.69 Å². The average Bonchev–Trinajstić information content (AvgIpc) is 2.82. The molecular weight excluding hydrogens is 442 g/mol. The second-order valence-corrected chi connectivity index (χ2v) is 8.77. The van der Waals surface area contributed by atoms with Crippen LogP contribution in [0.4, 0.5) is 5.69 Å². The molecule has 0 fully saturated rings. The molecule has 2 rings (SSSR count). The van der Waals surface area contributed by atoms with Gasteiger partial charge in [-0.3, -0.25) is 19.7 Å². The van der Waals surface area contributed by atoms with Crippen molar-refractivity contribution in [3.05, 3.63) is 69.8 Å². The van der Waals surface area contributed by atoms with Crippen molar-refractivity contribution in [2.24, 2.45) is 0 Å². The molecule has 0 heterocycles. The number of rotatable bonds is 12. The third-order valence-electron chi connectivity index (χ3n) is 5.32. The summed E-state index contributed by atoms with van der Waals surface area (Å²) in [5.74, 6) is 1.11. The number of carbonyl (C=O) groups is 2. The molecule has 0 aliphatic carbocycles. The van der Waals surface area contributed by atoms with Gasteiger partial charge in [-0.2, -0.15) is 0 Å². The number of nitro benzene ring substituents is 1. The summed E-state index contributed by atoms with van der Waals surface area (Å²) in [6.45, 7) is 5.96. The standard InChI is InChI=1S/C24H31N3O5S/c1-5-17(2)25-24(29)18(3)26(14-19-8-12-22(32-4)13-9-19)23(28)16-33-15-20-6-10-21(11-7-20)27(30)31/h6-13,17-18H,5,14-16H2,1-4H3,(H,25,29)/t17-,18+/m0/s1. The van der Waals surface area contributed by atoms with Crippen LogP contribution in [0.25, 0.3) is 0 Å². The van der Waals surface area contributed by atoms with Crippen molar-refractivity contribution in [3.8, 4) is 5.75 Å². The van der Waals surface area contributed by atoms with Crippen LogP contribution in [-0.4, -0.2) is 46.6 Å². The molecule has 2 atom stereocenters. The molecule has 8 nitrogen and oxygen atoms in total. The molecule has 0 spiro atoms. The number of non-ortho nitro benzene ring substituents is 1. The highest BCUT2D eigenvalue weighted by molar-refractivity contribution is 7.99. The Kier molecular flexibility index (Phi) is 10.2. The number of benzene rings is 2. The number of hydrogen-bond donors (Lipinski definition) is 1. The SMILES string of the molecule is CC[C@H](C)NC(=O)[C@@H](C)N(Cc1ccc(OC)cc1)C(=O)CSCc1ccc([N+](=O)[O-])cc1. The molecule has 0 radical (unpaired) electrons. The Morgan fingerprint density at radius 1 is 1.09 bits per heavy atom. The minimum atomic E-state index is -0.631. The molecule has 1 N–H and O–H groups in total. The van der Waals surface area contributed by atoms with Gasteiger partial charge >= 0.3 is 0 Å². The summed E-state index contributed by atoms with van der Waals surface area (Å²) in [6, 6.07) is 13.1. The normalized spacial score (nSPS) is 12.5. The van der Waals surface area contributed by atoms with Gasteiger partial charge in [-0.1, -0.05) is 31.2 Å². The Labute approximate surface area is 198 Å². The highest BCUT2D eigenvalue weighted by atomic mass is 32.2. The molecule has 0 aliphatic heterocycles. The first kappa shape index (κ1) is 26.2. The van der Waals surface area contributed by atoms with E-state index in [1.165, 1.54) is 23.9 Å². The minimum absolute atomic E-state index is 0.0226. The largest absolute Gasteiger partial charge is 0.497 e. The van der Waals surface area contributed by atoms with E-state index in [0.717, 1.165) is 23.3 Å². The van der Waals surface area contributed by atoms with E-state index in [9.17, 15) is 19.7 Å². The molecule has 33 heavy (non-hydrogen) atoms. The number of amides is 2. The molecule has 0 saturated heterocycles. The summed E-state index contributed by atoms with van der Waals surface area (Å²) in [5, 5.41) is 13.7. The summed E-state index contributed by atoms with van der Waals surface area (Å²) in [6.07, 6.45) is 0.802. The molecule has 178 valence electrons. The van der Waals surface area contributed by atoms with Crippen molar-refractivity contribution in [3.63, 3.8) is 0 Å². The lowest BCUT2D eigenvalue weighted by molar-refractivity contribution is -0.384. The number of ether oxygens (including phenoxy) is 1. The van der Waals surface area contributed by atoms with Crippen molar-refractivity contribution in [1.82, 2.24) is 10.2 Å². The fourth-order valence-corrected chi connectivity index (χ4v) is 3.90. The van der Waals surface area contributed by atoms with Gasteiger partial charge in [0.15, 0.2) is 0 Å². The molecular formula is C24H31N3O5S. The highest BCUT2D eigenvalue weighted by Crippen LogP contribution is 2.19. The molecule has 2 aromatic rings. The van der Waals surface area contributed by atoms with Gasteiger partial charge in [0.1, 0.15) is 11.8 Å². The van der Waals surface area contributed by atoms with E-state index in [1.807, 2.05) is 38.1 Å². The van der Waals surface area contributed by atoms with Gasteiger partial charge in [0, 0.05) is 30.5 Å². The Hall–Kier alpha value is -3.07. The van der Waals surface area contributed by atoms with E-state index in [1.54, 1.807) is 31.1 Å². The summed E-state index contributed by atoms with van der Waals surface area (Å²) < 4.78 is 5.19. The molecule has 0 aromatic heterocycles. The van der Waals surface area contributed by atoms with Crippen molar-refractivity contribution in [1.29, 1.82) is 0 Å². The van der Waals surface area contributed by atoms with Crippen LogP contribution >= 0.6 is 11.8 Å². The lowest BCUT2D eigenvalue weighted by Gasteiger charge is -2.29. The first-order chi connectivity index (χ1) is 15.7. The van der Waals surface area contributed by atoms with E-state index in [-0.39, 0.29) is 29.3 Å². The number of methoxy groups -OCH3 is 1. The van der Waals surface area contributed by atoms with Crippen molar-refractivity contribution in [2.45, 2.75) is 51.6 Å². The van der Waals surface area contributed by atoms with Crippen LogP contribution in [0.3, 0.4) is 0 Å². The predicted molar refractivity (Wildman–Crippen MR) is 130 cm³/mol. The monoisotopic (exact) mass is 473 g/mol. The molecule has 0 saturated carbocycles. The van der Waals surface area contributed by atoms with Crippen LogP contribution in [0.5, 0.6) is 5.75 Å². The van der Waals surface area contributed by atoms with Gasteiger partial charge in [-0.25, -0.2) is 0 Å².